The van der Waals surface area contributed by atoms with Crippen molar-refractivity contribution in [2.24, 2.45) is 7.05 Å². The molecule has 0 N–H and O–H groups in total. The van der Waals surface area contributed by atoms with Crippen molar-refractivity contribution in [3.63, 3.8) is 0 Å². The lowest BCUT2D eigenvalue weighted by atomic mass is 9.42. The lowest BCUT2D eigenvalue weighted by molar-refractivity contribution is -0.163. The first-order chi connectivity index (χ1) is 9.34. The van der Waals surface area contributed by atoms with Gasteiger partial charge in [-0.15, -0.1) is 0 Å². The van der Waals surface area contributed by atoms with Crippen LogP contribution in [0.2, 0.25) is 0 Å². The molecule has 3 saturated carbocycles. The monoisotopic (exact) mass is 336 g/mol. The summed E-state index contributed by atoms with van der Waals surface area (Å²) in [5.74, 6) is 0.735. The van der Waals surface area contributed by atoms with Gasteiger partial charge in [0.1, 0.15) is 11.5 Å². The zero-order valence-electron chi connectivity index (χ0n) is 11.3. The molecule has 3 nitrogen and oxygen atoms in total. The van der Waals surface area contributed by atoms with Crippen molar-refractivity contribution in [3.8, 4) is 0 Å². The Hall–Kier alpha value is -1.23. The fourth-order valence-corrected chi connectivity index (χ4v) is 4.51. The van der Waals surface area contributed by atoms with E-state index < -0.39 is 5.67 Å². The summed E-state index contributed by atoms with van der Waals surface area (Å²) >= 11 is 3.49. The summed E-state index contributed by atoms with van der Waals surface area (Å²) in [5.41, 5.74) is 0.459. The van der Waals surface area contributed by atoms with Crippen molar-refractivity contribution >= 4 is 26.8 Å². The highest BCUT2D eigenvalue weighted by Crippen LogP contribution is 2.69. The first-order valence-electron chi connectivity index (χ1n) is 6.70. The number of halogens is 2. The van der Waals surface area contributed by atoms with Crippen molar-refractivity contribution in [2.75, 3.05) is 0 Å². The number of alkyl halides is 1. The summed E-state index contributed by atoms with van der Waals surface area (Å²) in [6, 6.07) is 3.81. The molecule has 5 rings (SSSR count). The van der Waals surface area contributed by atoms with Gasteiger partial charge >= 0.3 is 0 Å². The standard InChI is InChI=1S/C15H14BrFN2O/c1-8-3-9-11(10(16)4-8)18-13(19(2)12(9)20)14-5-15(17,6-14)7-14/h3-4H,5-7H2,1-2H3. The molecule has 2 aromatic rings. The Kier molecular flexibility index (Phi) is 2.19. The van der Waals surface area contributed by atoms with Gasteiger partial charge < -0.3 is 0 Å². The molecular weight excluding hydrogens is 323 g/mol. The Labute approximate surface area is 123 Å². The first-order valence-corrected chi connectivity index (χ1v) is 7.49. The van der Waals surface area contributed by atoms with E-state index >= 15 is 0 Å². The molecule has 0 radical (unpaired) electrons. The number of benzene rings is 1. The van der Waals surface area contributed by atoms with E-state index in [2.05, 4.69) is 20.9 Å². The maximum absolute atomic E-state index is 13.8. The zero-order chi connectivity index (χ0) is 14.3. The summed E-state index contributed by atoms with van der Waals surface area (Å²) in [4.78, 5) is 17.2. The van der Waals surface area contributed by atoms with Crippen molar-refractivity contribution < 1.29 is 4.39 Å². The van der Waals surface area contributed by atoms with Gasteiger partial charge in [-0.3, -0.25) is 9.36 Å². The van der Waals surface area contributed by atoms with E-state index in [1.165, 1.54) is 0 Å². The van der Waals surface area contributed by atoms with E-state index in [0.29, 0.717) is 30.2 Å². The fourth-order valence-electron chi connectivity index (χ4n) is 3.84. The summed E-state index contributed by atoms with van der Waals surface area (Å²) in [6.07, 6.45) is 1.53. The van der Waals surface area contributed by atoms with Gasteiger partial charge in [0.05, 0.1) is 10.9 Å². The van der Waals surface area contributed by atoms with Gasteiger partial charge in [-0.25, -0.2) is 9.37 Å². The molecule has 5 heteroatoms. The van der Waals surface area contributed by atoms with Gasteiger partial charge in [0, 0.05) is 16.9 Å². The molecule has 1 aromatic heterocycles. The third kappa shape index (κ3) is 1.39. The van der Waals surface area contributed by atoms with Crippen LogP contribution in [-0.4, -0.2) is 15.2 Å². The second-order valence-electron chi connectivity index (χ2n) is 6.40. The molecule has 0 amide bonds. The van der Waals surface area contributed by atoms with Crippen LogP contribution in [0.3, 0.4) is 0 Å². The van der Waals surface area contributed by atoms with Gasteiger partial charge in [-0.2, -0.15) is 0 Å². The highest BCUT2D eigenvalue weighted by atomic mass is 79.9. The molecule has 0 spiro atoms. The lowest BCUT2D eigenvalue weighted by Crippen LogP contribution is -2.68. The number of fused-ring (bicyclic) bond motifs is 1. The minimum absolute atomic E-state index is 0.0490. The highest BCUT2D eigenvalue weighted by molar-refractivity contribution is 9.10. The van der Waals surface area contributed by atoms with Crippen LogP contribution < -0.4 is 5.56 Å². The average molecular weight is 337 g/mol. The summed E-state index contributed by atoms with van der Waals surface area (Å²) in [5, 5.41) is 0.615. The Bertz CT molecular complexity index is 807. The third-order valence-electron chi connectivity index (χ3n) is 4.72. The molecule has 1 heterocycles. The lowest BCUT2D eigenvalue weighted by Gasteiger charge is -2.65. The average Bonchev–Trinajstić information content (AvgIpc) is 2.30. The van der Waals surface area contributed by atoms with Gasteiger partial charge in [0.2, 0.25) is 0 Å². The van der Waals surface area contributed by atoms with Gasteiger partial charge in [0.25, 0.3) is 5.56 Å². The van der Waals surface area contributed by atoms with Crippen molar-refractivity contribution in [3.05, 3.63) is 38.3 Å². The van der Waals surface area contributed by atoms with E-state index in [9.17, 15) is 9.18 Å². The Balaban J connectivity index is 2.00. The largest absolute Gasteiger partial charge is 0.299 e. The van der Waals surface area contributed by atoms with Gasteiger partial charge in [-0.1, -0.05) is 0 Å². The van der Waals surface area contributed by atoms with E-state index in [-0.39, 0.29) is 11.0 Å². The number of aromatic nitrogens is 2. The topological polar surface area (TPSA) is 34.9 Å². The molecule has 0 atom stereocenters. The molecule has 2 bridgehead atoms. The van der Waals surface area contributed by atoms with Crippen LogP contribution in [0.1, 0.15) is 30.7 Å². The SMILES string of the molecule is Cc1cc(Br)c2nc(C34CC(F)(C3)C4)n(C)c(=O)c2c1. The molecule has 0 saturated heterocycles. The summed E-state index contributed by atoms with van der Waals surface area (Å²) < 4.78 is 16.2. The smallest absolute Gasteiger partial charge is 0.261 e. The van der Waals surface area contributed by atoms with Crippen molar-refractivity contribution in [1.82, 2.24) is 9.55 Å². The Morgan fingerprint density at radius 2 is 2.00 bits per heavy atom. The van der Waals surface area contributed by atoms with E-state index in [1.807, 2.05) is 19.1 Å². The quantitative estimate of drug-likeness (QED) is 0.801. The predicted molar refractivity (Wildman–Crippen MR) is 78.8 cm³/mol. The van der Waals surface area contributed by atoms with Crippen molar-refractivity contribution in [2.45, 2.75) is 37.3 Å². The van der Waals surface area contributed by atoms with Gasteiger partial charge in [-0.05, 0) is 59.8 Å². The molecule has 3 fully saturated rings. The van der Waals surface area contributed by atoms with E-state index in [4.69, 9.17) is 0 Å². The van der Waals surface area contributed by atoms with Crippen LogP contribution >= 0.6 is 15.9 Å². The van der Waals surface area contributed by atoms with E-state index in [1.54, 1.807) is 11.6 Å². The maximum Gasteiger partial charge on any atom is 0.261 e. The second-order valence-corrected chi connectivity index (χ2v) is 7.26. The molecule has 104 valence electrons. The maximum atomic E-state index is 13.8. The molecule has 1 aromatic carbocycles. The Morgan fingerprint density at radius 1 is 1.35 bits per heavy atom. The molecule has 20 heavy (non-hydrogen) atoms. The number of nitrogens with zero attached hydrogens (tertiary/aromatic N) is 2. The second kappa shape index (κ2) is 3.50. The fraction of sp³-hybridized carbons (Fsp3) is 0.467. The van der Waals surface area contributed by atoms with Crippen LogP contribution in [0.15, 0.2) is 21.4 Å². The van der Waals surface area contributed by atoms with Crippen LogP contribution in [0, 0.1) is 6.92 Å². The number of rotatable bonds is 1. The van der Waals surface area contributed by atoms with Crippen LogP contribution in [-0.2, 0) is 12.5 Å². The summed E-state index contributed by atoms with van der Waals surface area (Å²) in [6.45, 7) is 1.95. The van der Waals surface area contributed by atoms with Crippen molar-refractivity contribution in [1.29, 1.82) is 0 Å². The number of hydrogen-bond acceptors (Lipinski definition) is 2. The van der Waals surface area contributed by atoms with Crippen LogP contribution in [0.4, 0.5) is 4.39 Å². The number of aryl methyl sites for hydroxylation is 1. The predicted octanol–water partition coefficient (Wildman–Crippen LogP) is 3.15. The Morgan fingerprint density at radius 3 is 2.60 bits per heavy atom. The molecule has 3 aliphatic rings. The molecule has 0 unspecified atom stereocenters. The third-order valence-corrected chi connectivity index (χ3v) is 5.32. The molecule has 3 aliphatic carbocycles. The molecular formula is C15H14BrFN2O. The zero-order valence-corrected chi connectivity index (χ0v) is 12.9. The number of hydrogen-bond donors (Lipinski definition) is 0. The highest BCUT2D eigenvalue weighted by Gasteiger charge is 2.71. The van der Waals surface area contributed by atoms with E-state index in [0.717, 1.165) is 15.9 Å². The normalized spacial score (nSPS) is 31.0. The summed E-state index contributed by atoms with van der Waals surface area (Å²) in [7, 11) is 1.74. The van der Waals surface area contributed by atoms with Gasteiger partial charge in [0.15, 0.2) is 0 Å². The van der Waals surface area contributed by atoms with Crippen LogP contribution in [0.5, 0.6) is 0 Å². The van der Waals surface area contributed by atoms with Crippen LogP contribution in [0.25, 0.3) is 10.9 Å². The minimum atomic E-state index is -0.989. The molecule has 0 aliphatic heterocycles. The minimum Gasteiger partial charge on any atom is -0.299 e. The first kappa shape index (κ1) is 12.5.